The molecular weight excluding hydrogens is 261 g/mol. The summed E-state index contributed by atoms with van der Waals surface area (Å²) >= 11 is 0. The Morgan fingerprint density at radius 1 is 1.00 bits per heavy atom. The molecule has 2 aromatic carbocycles. The van der Waals surface area contributed by atoms with Crippen LogP contribution in [0.4, 0.5) is 4.39 Å². The van der Waals surface area contributed by atoms with Crippen LogP contribution in [0.2, 0.25) is 0 Å². The minimum absolute atomic E-state index is 0.107. The van der Waals surface area contributed by atoms with Gasteiger partial charge in [-0.25, -0.2) is 4.39 Å². The van der Waals surface area contributed by atoms with Gasteiger partial charge >= 0.3 is 0 Å². The predicted molar refractivity (Wildman–Crippen MR) is 86.8 cm³/mol. The minimum atomic E-state index is -0.107. The molecule has 0 radical (unpaired) electrons. The number of halogens is 1. The first kappa shape index (κ1) is 15.7. The summed E-state index contributed by atoms with van der Waals surface area (Å²) in [6, 6.07) is 17.9. The summed E-state index contributed by atoms with van der Waals surface area (Å²) in [7, 11) is 0. The molecule has 0 spiro atoms. The molecule has 0 heterocycles. The molecule has 0 aliphatic heterocycles. The number of rotatable bonds is 8. The normalized spacial score (nSPS) is 12.3. The number of hydrogen-bond acceptors (Lipinski definition) is 1. The third-order valence-corrected chi connectivity index (χ3v) is 3.79. The molecule has 0 saturated heterocycles. The highest BCUT2D eigenvalue weighted by Crippen LogP contribution is 2.19. The maximum atomic E-state index is 13.6. The van der Waals surface area contributed by atoms with Crippen molar-refractivity contribution in [3.8, 4) is 0 Å². The van der Waals surface area contributed by atoms with Crippen LogP contribution in [-0.4, -0.2) is 6.54 Å². The van der Waals surface area contributed by atoms with E-state index in [2.05, 4.69) is 36.5 Å². The highest BCUT2D eigenvalue weighted by atomic mass is 19.1. The van der Waals surface area contributed by atoms with E-state index in [1.165, 1.54) is 24.5 Å². The monoisotopic (exact) mass is 285 g/mol. The third-order valence-electron chi connectivity index (χ3n) is 3.79. The second-order valence-electron chi connectivity index (χ2n) is 5.40. The van der Waals surface area contributed by atoms with Crippen LogP contribution in [-0.2, 0) is 6.42 Å². The van der Waals surface area contributed by atoms with Gasteiger partial charge in [-0.15, -0.1) is 0 Å². The Kier molecular flexibility index (Phi) is 6.42. The van der Waals surface area contributed by atoms with Gasteiger partial charge in [0, 0.05) is 6.04 Å². The molecular formula is C19H24FN. The van der Waals surface area contributed by atoms with Gasteiger partial charge in [0.2, 0.25) is 0 Å². The van der Waals surface area contributed by atoms with Crippen molar-refractivity contribution in [2.75, 3.05) is 6.54 Å². The third kappa shape index (κ3) is 4.98. The summed E-state index contributed by atoms with van der Waals surface area (Å²) in [5, 5.41) is 3.58. The molecule has 0 aliphatic carbocycles. The van der Waals surface area contributed by atoms with E-state index in [0.717, 1.165) is 24.9 Å². The zero-order chi connectivity index (χ0) is 14.9. The highest BCUT2D eigenvalue weighted by molar-refractivity contribution is 5.20. The molecule has 1 N–H and O–H groups in total. The molecule has 2 heteroatoms. The molecule has 0 aliphatic rings. The van der Waals surface area contributed by atoms with Crippen LogP contribution in [0.5, 0.6) is 0 Å². The number of benzene rings is 2. The van der Waals surface area contributed by atoms with Gasteiger partial charge < -0.3 is 5.32 Å². The molecule has 0 aromatic heterocycles. The van der Waals surface area contributed by atoms with E-state index in [1.54, 1.807) is 6.07 Å². The molecule has 0 bridgehead atoms. The molecule has 0 saturated carbocycles. The number of nitrogens with one attached hydrogen (secondary N) is 1. The Balaban J connectivity index is 1.92. The lowest BCUT2D eigenvalue weighted by Crippen LogP contribution is -2.24. The summed E-state index contributed by atoms with van der Waals surface area (Å²) in [4.78, 5) is 0. The zero-order valence-electron chi connectivity index (χ0n) is 12.7. The van der Waals surface area contributed by atoms with Gasteiger partial charge in [-0.3, -0.25) is 0 Å². The average Bonchev–Trinajstić information content (AvgIpc) is 2.53. The molecule has 21 heavy (non-hydrogen) atoms. The van der Waals surface area contributed by atoms with Crippen molar-refractivity contribution in [2.24, 2.45) is 0 Å². The fraction of sp³-hybridized carbons (Fsp3) is 0.368. The van der Waals surface area contributed by atoms with E-state index >= 15 is 0 Å². The van der Waals surface area contributed by atoms with Gasteiger partial charge in [-0.05, 0) is 36.6 Å². The standard InChI is InChI=1S/C19H24FN/c1-2-3-13-19(17-10-5-4-6-11-17)21-15-14-16-9-7-8-12-18(16)20/h4-12,19,21H,2-3,13-15H2,1H3. The smallest absolute Gasteiger partial charge is 0.126 e. The van der Waals surface area contributed by atoms with Crippen LogP contribution in [0.25, 0.3) is 0 Å². The molecule has 0 fully saturated rings. The topological polar surface area (TPSA) is 12.0 Å². The Morgan fingerprint density at radius 2 is 1.71 bits per heavy atom. The molecule has 0 amide bonds. The van der Waals surface area contributed by atoms with Gasteiger partial charge in [-0.2, -0.15) is 0 Å². The van der Waals surface area contributed by atoms with Crippen molar-refractivity contribution >= 4 is 0 Å². The van der Waals surface area contributed by atoms with Crippen LogP contribution < -0.4 is 5.32 Å². The van der Waals surface area contributed by atoms with Gasteiger partial charge in [0.05, 0.1) is 0 Å². The quantitative estimate of drug-likeness (QED) is 0.728. The first-order valence-electron chi connectivity index (χ1n) is 7.83. The fourth-order valence-electron chi connectivity index (χ4n) is 2.56. The SMILES string of the molecule is CCCCC(NCCc1ccccc1F)c1ccccc1. The van der Waals surface area contributed by atoms with Crippen LogP contribution in [0.15, 0.2) is 54.6 Å². The number of hydrogen-bond donors (Lipinski definition) is 1. The van der Waals surface area contributed by atoms with E-state index in [0.29, 0.717) is 6.04 Å². The van der Waals surface area contributed by atoms with Crippen molar-refractivity contribution in [1.82, 2.24) is 5.32 Å². The van der Waals surface area contributed by atoms with Gasteiger partial charge in [0.15, 0.2) is 0 Å². The van der Waals surface area contributed by atoms with Crippen molar-refractivity contribution < 1.29 is 4.39 Å². The largest absolute Gasteiger partial charge is 0.310 e. The zero-order valence-corrected chi connectivity index (χ0v) is 12.7. The summed E-state index contributed by atoms with van der Waals surface area (Å²) in [5.74, 6) is -0.107. The Labute approximate surface area is 127 Å². The van der Waals surface area contributed by atoms with Crippen molar-refractivity contribution in [1.29, 1.82) is 0 Å². The predicted octanol–water partition coefficient (Wildman–Crippen LogP) is 4.89. The van der Waals surface area contributed by atoms with E-state index in [1.807, 2.05) is 18.2 Å². The summed E-state index contributed by atoms with van der Waals surface area (Å²) in [6.45, 7) is 3.01. The molecule has 1 atom stereocenters. The van der Waals surface area contributed by atoms with Crippen molar-refractivity contribution in [2.45, 2.75) is 38.6 Å². The molecule has 1 nitrogen and oxygen atoms in total. The van der Waals surface area contributed by atoms with Crippen LogP contribution in [0.3, 0.4) is 0 Å². The van der Waals surface area contributed by atoms with Crippen LogP contribution in [0.1, 0.15) is 43.4 Å². The van der Waals surface area contributed by atoms with Crippen molar-refractivity contribution in [3.05, 3.63) is 71.5 Å². The number of unbranched alkanes of at least 4 members (excludes halogenated alkanes) is 1. The Morgan fingerprint density at radius 3 is 2.43 bits per heavy atom. The summed E-state index contributed by atoms with van der Waals surface area (Å²) < 4.78 is 13.6. The molecule has 1 unspecified atom stereocenters. The lowest BCUT2D eigenvalue weighted by Gasteiger charge is -2.19. The van der Waals surface area contributed by atoms with Gasteiger partial charge in [0.1, 0.15) is 5.82 Å². The van der Waals surface area contributed by atoms with E-state index in [-0.39, 0.29) is 5.82 Å². The second kappa shape index (κ2) is 8.58. The van der Waals surface area contributed by atoms with E-state index < -0.39 is 0 Å². The summed E-state index contributed by atoms with van der Waals surface area (Å²) in [6.07, 6.45) is 4.24. The van der Waals surface area contributed by atoms with Crippen LogP contribution in [0, 0.1) is 5.82 Å². The van der Waals surface area contributed by atoms with Gasteiger partial charge in [0.25, 0.3) is 0 Å². The first-order valence-corrected chi connectivity index (χ1v) is 7.83. The lowest BCUT2D eigenvalue weighted by molar-refractivity contribution is 0.481. The summed E-state index contributed by atoms with van der Waals surface area (Å²) in [5.41, 5.74) is 2.10. The molecule has 2 rings (SSSR count). The second-order valence-corrected chi connectivity index (χ2v) is 5.40. The molecule has 112 valence electrons. The molecule has 2 aromatic rings. The van der Waals surface area contributed by atoms with Gasteiger partial charge in [-0.1, -0.05) is 68.3 Å². The Hall–Kier alpha value is -1.67. The maximum Gasteiger partial charge on any atom is 0.126 e. The van der Waals surface area contributed by atoms with E-state index in [9.17, 15) is 4.39 Å². The maximum absolute atomic E-state index is 13.6. The lowest BCUT2D eigenvalue weighted by atomic mass is 10.0. The average molecular weight is 285 g/mol. The minimum Gasteiger partial charge on any atom is -0.310 e. The van der Waals surface area contributed by atoms with Crippen molar-refractivity contribution in [3.63, 3.8) is 0 Å². The van der Waals surface area contributed by atoms with Crippen LogP contribution >= 0.6 is 0 Å². The highest BCUT2D eigenvalue weighted by Gasteiger charge is 2.10. The van der Waals surface area contributed by atoms with E-state index in [4.69, 9.17) is 0 Å². The first-order chi connectivity index (χ1) is 10.3. The Bertz CT molecular complexity index is 524. The fourth-order valence-corrected chi connectivity index (χ4v) is 2.56.